The summed E-state index contributed by atoms with van der Waals surface area (Å²) in [6.45, 7) is 0.190. The number of sulfonamides is 1. The number of piperidine rings is 1. The second kappa shape index (κ2) is 5.89. The Morgan fingerprint density at radius 2 is 2.00 bits per heavy atom. The summed E-state index contributed by atoms with van der Waals surface area (Å²) >= 11 is 0. The van der Waals surface area contributed by atoms with E-state index in [1.165, 1.54) is 0 Å². The van der Waals surface area contributed by atoms with E-state index in [1.807, 2.05) is 30.3 Å². The molecule has 1 saturated heterocycles. The summed E-state index contributed by atoms with van der Waals surface area (Å²) < 4.78 is 28.2. The molecule has 1 aliphatic carbocycles. The molecular formula is C15H20N2O4S. The lowest BCUT2D eigenvalue weighted by molar-refractivity contribution is 0.0690. The first-order valence-corrected chi connectivity index (χ1v) is 9.15. The first kappa shape index (κ1) is 15.3. The summed E-state index contributed by atoms with van der Waals surface area (Å²) in [7, 11) is -3.61. The molecule has 2 bridgehead atoms. The summed E-state index contributed by atoms with van der Waals surface area (Å²) in [6.07, 6.45) is 2.27. The number of nitrogens with zero attached hydrogens (tertiary/aromatic N) is 1. The van der Waals surface area contributed by atoms with E-state index in [0.29, 0.717) is 0 Å². The number of fused-ring (bicyclic) bond motifs is 2. The molecule has 120 valence electrons. The van der Waals surface area contributed by atoms with Gasteiger partial charge in [0, 0.05) is 6.04 Å². The number of ether oxygens (including phenoxy) is 1. The van der Waals surface area contributed by atoms with Crippen molar-refractivity contribution in [3.63, 3.8) is 0 Å². The minimum absolute atomic E-state index is 0.0834. The van der Waals surface area contributed by atoms with Gasteiger partial charge in [-0.05, 0) is 30.7 Å². The lowest BCUT2D eigenvalue weighted by Gasteiger charge is -2.33. The van der Waals surface area contributed by atoms with Crippen molar-refractivity contribution in [1.29, 1.82) is 0 Å². The average Bonchev–Trinajstić information content (AvgIpc) is 3.05. The van der Waals surface area contributed by atoms with Crippen LogP contribution < -0.4 is 5.14 Å². The van der Waals surface area contributed by atoms with Crippen LogP contribution in [0, 0.1) is 5.92 Å². The van der Waals surface area contributed by atoms with Crippen molar-refractivity contribution in [1.82, 2.24) is 4.90 Å². The van der Waals surface area contributed by atoms with Crippen LogP contribution in [0.25, 0.3) is 0 Å². The second-order valence-corrected chi connectivity index (χ2v) is 7.73. The van der Waals surface area contributed by atoms with E-state index in [9.17, 15) is 13.2 Å². The quantitative estimate of drug-likeness (QED) is 0.908. The average molecular weight is 324 g/mol. The molecule has 1 aromatic rings. The smallest absolute Gasteiger partial charge is 0.410 e. The van der Waals surface area contributed by atoms with Gasteiger partial charge in [0.15, 0.2) is 0 Å². The number of likely N-dealkylation sites (tertiary alicyclic amines) is 1. The van der Waals surface area contributed by atoms with E-state index >= 15 is 0 Å². The highest BCUT2D eigenvalue weighted by Gasteiger charge is 2.49. The summed E-state index contributed by atoms with van der Waals surface area (Å²) in [4.78, 5) is 14.0. The maximum Gasteiger partial charge on any atom is 0.410 e. The molecule has 1 amide bonds. The predicted molar refractivity (Wildman–Crippen MR) is 81.4 cm³/mol. The number of amides is 1. The Hall–Kier alpha value is -1.60. The van der Waals surface area contributed by atoms with Gasteiger partial charge in [-0.25, -0.2) is 18.4 Å². The van der Waals surface area contributed by atoms with Crippen LogP contribution in [-0.4, -0.2) is 37.2 Å². The lowest BCUT2D eigenvalue weighted by atomic mass is 10.0. The van der Waals surface area contributed by atoms with Gasteiger partial charge < -0.3 is 9.64 Å². The molecule has 1 heterocycles. The molecule has 1 aromatic carbocycles. The van der Waals surface area contributed by atoms with Gasteiger partial charge in [0.2, 0.25) is 10.0 Å². The van der Waals surface area contributed by atoms with Gasteiger partial charge in [-0.3, -0.25) is 0 Å². The fourth-order valence-electron chi connectivity index (χ4n) is 3.62. The van der Waals surface area contributed by atoms with Crippen LogP contribution in [0.5, 0.6) is 0 Å². The lowest BCUT2D eigenvalue weighted by Crippen LogP contribution is -2.49. The summed E-state index contributed by atoms with van der Waals surface area (Å²) in [5.41, 5.74) is 0.906. The van der Waals surface area contributed by atoms with E-state index in [-0.39, 0.29) is 30.4 Å². The molecule has 0 aromatic heterocycles. The number of benzene rings is 1. The van der Waals surface area contributed by atoms with Crippen molar-refractivity contribution in [2.24, 2.45) is 11.1 Å². The molecule has 3 atom stereocenters. The van der Waals surface area contributed by atoms with Gasteiger partial charge in [-0.1, -0.05) is 30.3 Å². The van der Waals surface area contributed by atoms with Crippen LogP contribution in [0.2, 0.25) is 0 Å². The minimum atomic E-state index is -3.61. The Morgan fingerprint density at radius 3 is 2.68 bits per heavy atom. The Balaban J connectivity index is 1.67. The molecule has 22 heavy (non-hydrogen) atoms. The Bertz CT molecular complexity index is 647. The van der Waals surface area contributed by atoms with Crippen molar-refractivity contribution in [3.05, 3.63) is 35.9 Å². The first-order valence-electron chi connectivity index (χ1n) is 7.43. The number of carbonyl (C=O) groups excluding carboxylic acids is 1. The van der Waals surface area contributed by atoms with Crippen molar-refractivity contribution < 1.29 is 17.9 Å². The number of carbonyl (C=O) groups is 1. The molecule has 0 radical (unpaired) electrons. The van der Waals surface area contributed by atoms with Gasteiger partial charge in [0.25, 0.3) is 0 Å². The fraction of sp³-hybridized carbons (Fsp3) is 0.533. The number of rotatable bonds is 4. The van der Waals surface area contributed by atoms with Crippen molar-refractivity contribution >= 4 is 16.1 Å². The van der Waals surface area contributed by atoms with E-state index in [4.69, 9.17) is 9.88 Å². The topological polar surface area (TPSA) is 89.7 Å². The molecule has 0 unspecified atom stereocenters. The zero-order chi connectivity index (χ0) is 15.7. The molecular weight excluding hydrogens is 304 g/mol. The SMILES string of the molecule is NS(=O)(=O)C[C@@H]1[C@H]2CC[C@H](C2)N1C(=O)OCc1ccccc1. The Kier molecular flexibility index (Phi) is 4.10. The highest BCUT2D eigenvalue weighted by atomic mass is 32.2. The van der Waals surface area contributed by atoms with Crippen LogP contribution in [0.1, 0.15) is 24.8 Å². The summed E-state index contributed by atoms with van der Waals surface area (Å²) in [5, 5.41) is 5.17. The van der Waals surface area contributed by atoms with Crippen LogP contribution in [0.15, 0.2) is 30.3 Å². The zero-order valence-electron chi connectivity index (χ0n) is 12.2. The molecule has 3 rings (SSSR count). The second-order valence-electron chi connectivity index (χ2n) is 6.07. The van der Waals surface area contributed by atoms with Crippen molar-refractivity contribution in [3.8, 4) is 0 Å². The van der Waals surface area contributed by atoms with E-state index in [2.05, 4.69) is 0 Å². The number of primary sulfonamides is 1. The van der Waals surface area contributed by atoms with Crippen LogP contribution in [-0.2, 0) is 21.4 Å². The van der Waals surface area contributed by atoms with Gasteiger partial charge in [-0.15, -0.1) is 0 Å². The predicted octanol–water partition coefficient (Wildman–Crippen LogP) is 1.46. The van der Waals surface area contributed by atoms with Gasteiger partial charge in [-0.2, -0.15) is 0 Å². The number of hydrogen-bond donors (Lipinski definition) is 1. The van der Waals surface area contributed by atoms with Crippen LogP contribution >= 0.6 is 0 Å². The molecule has 1 saturated carbocycles. The monoisotopic (exact) mass is 324 g/mol. The Morgan fingerprint density at radius 1 is 1.27 bits per heavy atom. The maximum atomic E-state index is 12.4. The zero-order valence-corrected chi connectivity index (χ0v) is 13.0. The van der Waals surface area contributed by atoms with Crippen LogP contribution in [0.3, 0.4) is 0 Å². The number of nitrogens with two attached hydrogens (primary N) is 1. The van der Waals surface area contributed by atoms with Crippen molar-refractivity contribution in [2.75, 3.05) is 5.75 Å². The standard InChI is InChI=1S/C15H20N2O4S/c16-22(19,20)10-14-12-6-7-13(8-12)17(14)15(18)21-9-11-4-2-1-3-5-11/h1-5,12-14H,6-10H2,(H2,16,19,20)/t12-,13+,14+/m0/s1. The van der Waals surface area contributed by atoms with E-state index in [0.717, 1.165) is 24.8 Å². The molecule has 2 N–H and O–H groups in total. The largest absolute Gasteiger partial charge is 0.445 e. The molecule has 2 aliphatic rings. The van der Waals surface area contributed by atoms with Gasteiger partial charge in [0.05, 0.1) is 11.8 Å². The molecule has 0 spiro atoms. The number of hydrogen-bond acceptors (Lipinski definition) is 4. The third-order valence-corrected chi connectivity index (χ3v) is 5.37. The highest BCUT2D eigenvalue weighted by molar-refractivity contribution is 7.89. The molecule has 1 aliphatic heterocycles. The van der Waals surface area contributed by atoms with Crippen LogP contribution in [0.4, 0.5) is 4.79 Å². The normalized spacial score (nSPS) is 27.1. The van der Waals surface area contributed by atoms with Gasteiger partial charge >= 0.3 is 6.09 Å². The molecule has 7 heteroatoms. The fourth-order valence-corrected chi connectivity index (χ4v) is 4.53. The van der Waals surface area contributed by atoms with E-state index in [1.54, 1.807) is 4.90 Å². The minimum Gasteiger partial charge on any atom is -0.445 e. The summed E-state index contributed by atoms with van der Waals surface area (Å²) in [6, 6.07) is 9.15. The summed E-state index contributed by atoms with van der Waals surface area (Å²) in [5.74, 6) is 0.0295. The maximum absolute atomic E-state index is 12.4. The molecule has 2 fully saturated rings. The third kappa shape index (κ3) is 3.25. The van der Waals surface area contributed by atoms with Gasteiger partial charge in [0.1, 0.15) is 6.61 Å². The first-order chi connectivity index (χ1) is 10.4. The highest BCUT2D eigenvalue weighted by Crippen LogP contribution is 2.43. The van der Waals surface area contributed by atoms with E-state index < -0.39 is 16.1 Å². The van der Waals surface area contributed by atoms with Crippen molar-refractivity contribution in [2.45, 2.75) is 38.0 Å². The Labute approximate surface area is 130 Å². The third-order valence-electron chi connectivity index (χ3n) is 4.56. The molecule has 6 nitrogen and oxygen atoms in total.